The van der Waals surface area contributed by atoms with Crippen LogP contribution in [0.4, 0.5) is 0 Å². The van der Waals surface area contributed by atoms with E-state index in [1.165, 1.54) is 11.3 Å². The molecule has 4 nitrogen and oxygen atoms in total. The predicted octanol–water partition coefficient (Wildman–Crippen LogP) is 1.30. The Balaban J connectivity index is 2.80. The molecule has 0 aliphatic carbocycles. The number of hydrogen-bond acceptors (Lipinski definition) is 2. The van der Waals surface area contributed by atoms with Gasteiger partial charge in [0.1, 0.15) is 5.69 Å². The lowest BCUT2D eigenvalue weighted by atomic mass is 9.88. The van der Waals surface area contributed by atoms with Gasteiger partial charge in [-0.05, 0) is 12.2 Å². The van der Waals surface area contributed by atoms with Crippen molar-refractivity contribution >= 4 is 23.8 Å². The van der Waals surface area contributed by atoms with Crippen LogP contribution in [0.1, 0.15) is 10.5 Å². The van der Waals surface area contributed by atoms with Gasteiger partial charge < -0.3 is 14.6 Å². The summed E-state index contributed by atoms with van der Waals surface area (Å²) in [6.45, 7) is 1.53. The molecule has 5 heteroatoms. The molecular formula is C10H10BNO3. The number of nitrogens with zero attached hydrogens (tertiary/aromatic N) is 1. The van der Waals surface area contributed by atoms with E-state index in [9.17, 15) is 9.82 Å². The number of carboxylic acids is 1. The number of carboxylic acid groups (broad SMARTS) is 1. The highest BCUT2D eigenvalue weighted by Crippen LogP contribution is 2.21. The van der Waals surface area contributed by atoms with Gasteiger partial charge in [-0.2, -0.15) is 0 Å². The highest BCUT2D eigenvalue weighted by atomic mass is 16.4. The number of rotatable bonds is 2. The van der Waals surface area contributed by atoms with Crippen LogP contribution in [0.25, 0.3) is 10.8 Å². The molecule has 0 bridgehead atoms. The van der Waals surface area contributed by atoms with Crippen LogP contribution in [0.2, 0.25) is 6.82 Å². The first-order valence-corrected chi connectivity index (χ1v) is 4.62. The van der Waals surface area contributed by atoms with Crippen molar-refractivity contribution in [2.75, 3.05) is 0 Å². The lowest BCUT2D eigenvalue weighted by Gasteiger charge is -2.04. The molecule has 0 aliphatic rings. The van der Waals surface area contributed by atoms with Crippen LogP contribution in [-0.2, 0) is 0 Å². The first-order chi connectivity index (χ1) is 7.11. The molecular weight excluding hydrogens is 193 g/mol. The molecule has 0 fully saturated rings. The Kier molecular flexibility index (Phi) is 2.24. The highest BCUT2D eigenvalue weighted by Gasteiger charge is 2.19. The molecule has 76 valence electrons. The van der Waals surface area contributed by atoms with Crippen molar-refractivity contribution in [1.29, 1.82) is 0 Å². The number of carbonyl (C=O) groups is 1. The lowest BCUT2D eigenvalue weighted by molar-refractivity contribution is 0.0690. The molecule has 0 amide bonds. The monoisotopic (exact) mass is 203 g/mol. The second-order valence-electron chi connectivity index (χ2n) is 3.41. The molecule has 0 saturated heterocycles. The minimum absolute atomic E-state index is 0.126. The molecule has 0 radical (unpaired) electrons. The molecule has 2 rings (SSSR count). The number of hydrogen-bond donors (Lipinski definition) is 2. The summed E-state index contributed by atoms with van der Waals surface area (Å²) in [7, 11) is -0.844. The summed E-state index contributed by atoms with van der Waals surface area (Å²) in [5.41, 5.74) is 0.126. The SMILES string of the molecule is CB(O)n1cc2ccccc2c1C(=O)O. The van der Waals surface area contributed by atoms with Crippen molar-refractivity contribution in [1.82, 2.24) is 4.48 Å². The maximum absolute atomic E-state index is 11.1. The quantitative estimate of drug-likeness (QED) is 0.723. The normalized spacial score (nSPS) is 10.5. The van der Waals surface area contributed by atoms with Crippen LogP contribution in [-0.4, -0.2) is 27.6 Å². The van der Waals surface area contributed by atoms with Gasteiger partial charge >= 0.3 is 13.0 Å². The van der Waals surface area contributed by atoms with E-state index in [0.29, 0.717) is 5.39 Å². The summed E-state index contributed by atoms with van der Waals surface area (Å²) in [6.07, 6.45) is 1.64. The Labute approximate surface area is 86.9 Å². The van der Waals surface area contributed by atoms with Crippen LogP contribution < -0.4 is 0 Å². The van der Waals surface area contributed by atoms with Gasteiger partial charge in [-0.1, -0.05) is 24.3 Å². The van der Waals surface area contributed by atoms with Gasteiger partial charge in [0.2, 0.25) is 0 Å². The second kappa shape index (κ2) is 3.44. The first-order valence-electron chi connectivity index (χ1n) is 4.62. The van der Waals surface area contributed by atoms with Crippen molar-refractivity contribution in [2.24, 2.45) is 0 Å². The van der Waals surface area contributed by atoms with Crippen LogP contribution in [0.5, 0.6) is 0 Å². The minimum atomic E-state index is -1.03. The van der Waals surface area contributed by atoms with E-state index in [1.807, 2.05) is 12.1 Å². The molecule has 15 heavy (non-hydrogen) atoms. The Bertz CT molecular complexity index is 518. The van der Waals surface area contributed by atoms with Gasteiger partial charge in [-0.3, -0.25) is 0 Å². The zero-order valence-electron chi connectivity index (χ0n) is 8.21. The Morgan fingerprint density at radius 1 is 1.40 bits per heavy atom. The van der Waals surface area contributed by atoms with Gasteiger partial charge in [0.05, 0.1) is 0 Å². The van der Waals surface area contributed by atoms with E-state index in [0.717, 1.165) is 5.39 Å². The molecule has 0 atom stereocenters. The van der Waals surface area contributed by atoms with E-state index in [1.54, 1.807) is 18.3 Å². The fraction of sp³-hybridized carbons (Fsp3) is 0.100. The minimum Gasteiger partial charge on any atom is -0.477 e. The molecule has 1 aromatic heterocycles. The Morgan fingerprint density at radius 2 is 2.07 bits per heavy atom. The van der Waals surface area contributed by atoms with Gasteiger partial charge in [0, 0.05) is 11.6 Å². The third-order valence-electron chi connectivity index (χ3n) is 2.36. The Morgan fingerprint density at radius 3 is 2.67 bits per heavy atom. The average molecular weight is 203 g/mol. The third-order valence-corrected chi connectivity index (χ3v) is 2.36. The Hall–Kier alpha value is -1.75. The second-order valence-corrected chi connectivity index (χ2v) is 3.41. The summed E-state index contributed by atoms with van der Waals surface area (Å²) >= 11 is 0. The molecule has 0 spiro atoms. The largest absolute Gasteiger partial charge is 0.477 e. The smallest absolute Gasteiger partial charge is 0.413 e. The zero-order chi connectivity index (χ0) is 11.0. The van der Waals surface area contributed by atoms with Gasteiger partial charge in [0.25, 0.3) is 0 Å². The summed E-state index contributed by atoms with van der Waals surface area (Å²) < 4.78 is 1.35. The van der Waals surface area contributed by atoms with Crippen molar-refractivity contribution in [3.8, 4) is 0 Å². The maximum Gasteiger partial charge on any atom is 0.413 e. The van der Waals surface area contributed by atoms with Gasteiger partial charge in [-0.15, -0.1) is 0 Å². The number of benzene rings is 1. The lowest BCUT2D eigenvalue weighted by Crippen LogP contribution is -2.23. The zero-order valence-corrected chi connectivity index (χ0v) is 8.21. The summed E-state index contributed by atoms with van der Waals surface area (Å²) in [4.78, 5) is 11.1. The molecule has 0 aliphatic heterocycles. The molecule has 1 aromatic carbocycles. The van der Waals surface area contributed by atoms with Gasteiger partial charge in [0.15, 0.2) is 0 Å². The average Bonchev–Trinajstić information content (AvgIpc) is 2.56. The molecule has 2 N–H and O–H groups in total. The number of aromatic nitrogens is 1. The van der Waals surface area contributed by atoms with Crippen LogP contribution in [0, 0.1) is 0 Å². The van der Waals surface area contributed by atoms with E-state index in [4.69, 9.17) is 5.11 Å². The molecule has 0 saturated carbocycles. The highest BCUT2D eigenvalue weighted by molar-refractivity contribution is 6.48. The van der Waals surface area contributed by atoms with Gasteiger partial charge in [-0.25, -0.2) is 4.79 Å². The summed E-state index contributed by atoms with van der Waals surface area (Å²) in [5, 5.41) is 20.0. The first kappa shape index (κ1) is 9.80. The number of fused-ring (bicyclic) bond motifs is 1. The fourth-order valence-electron chi connectivity index (χ4n) is 1.70. The molecule has 0 unspecified atom stereocenters. The maximum atomic E-state index is 11.1. The fourth-order valence-corrected chi connectivity index (χ4v) is 1.70. The molecule has 1 heterocycles. The van der Waals surface area contributed by atoms with E-state index in [2.05, 4.69) is 0 Å². The van der Waals surface area contributed by atoms with Crippen LogP contribution in [0.3, 0.4) is 0 Å². The third kappa shape index (κ3) is 1.51. The van der Waals surface area contributed by atoms with Crippen molar-refractivity contribution in [2.45, 2.75) is 6.82 Å². The van der Waals surface area contributed by atoms with E-state index in [-0.39, 0.29) is 5.69 Å². The van der Waals surface area contributed by atoms with Crippen molar-refractivity contribution < 1.29 is 14.9 Å². The topological polar surface area (TPSA) is 62.5 Å². The molecule has 2 aromatic rings. The van der Waals surface area contributed by atoms with Crippen LogP contribution in [0.15, 0.2) is 30.5 Å². The summed E-state index contributed by atoms with van der Waals surface area (Å²) in [5.74, 6) is -1.03. The summed E-state index contributed by atoms with van der Waals surface area (Å²) in [6, 6.07) is 7.17. The number of aromatic carboxylic acids is 1. The van der Waals surface area contributed by atoms with Crippen molar-refractivity contribution in [3.63, 3.8) is 0 Å². The van der Waals surface area contributed by atoms with E-state index >= 15 is 0 Å². The van der Waals surface area contributed by atoms with Crippen molar-refractivity contribution in [3.05, 3.63) is 36.2 Å². The van der Waals surface area contributed by atoms with Crippen LogP contribution >= 0.6 is 0 Å². The van der Waals surface area contributed by atoms with E-state index < -0.39 is 13.0 Å². The standard InChI is InChI=1S/C10H10BNO3/c1-11(15)12-6-7-4-2-3-5-8(7)9(12)10(13)14/h2-6,15H,1H3,(H,13,14). The predicted molar refractivity (Wildman–Crippen MR) is 58.1 cm³/mol.